The van der Waals surface area contributed by atoms with Gasteiger partial charge in [-0.1, -0.05) is 79.2 Å². The van der Waals surface area contributed by atoms with Crippen molar-refractivity contribution < 1.29 is 14.3 Å². The van der Waals surface area contributed by atoms with Gasteiger partial charge in [-0.2, -0.15) is 0 Å². The number of hydrogen-bond acceptors (Lipinski definition) is 3. The summed E-state index contributed by atoms with van der Waals surface area (Å²) in [6.45, 7) is 2.55. The molecular weight excluding hydrogens is 436 g/mol. The zero-order valence-corrected chi connectivity index (χ0v) is 19.7. The van der Waals surface area contributed by atoms with Gasteiger partial charge in [-0.05, 0) is 35.7 Å². The number of amides is 2. The summed E-state index contributed by atoms with van der Waals surface area (Å²) in [4.78, 5) is 28.4. The number of carbonyl (C=O) groups is 2. The average molecular weight is 465 g/mol. The van der Waals surface area contributed by atoms with Crippen LogP contribution in [0.1, 0.15) is 42.5 Å². The van der Waals surface area contributed by atoms with Crippen molar-refractivity contribution in [2.45, 2.75) is 38.9 Å². The maximum Gasteiger partial charge on any atom is 0.247 e. The fraction of sp³-hybridized carbons (Fsp3) is 0.259. The third kappa shape index (κ3) is 6.59. The van der Waals surface area contributed by atoms with Crippen molar-refractivity contribution in [3.05, 3.63) is 101 Å². The average Bonchev–Trinajstić information content (AvgIpc) is 2.84. The van der Waals surface area contributed by atoms with Crippen molar-refractivity contribution in [3.8, 4) is 5.75 Å². The number of ether oxygens (including phenoxy) is 1. The summed E-state index contributed by atoms with van der Waals surface area (Å²) >= 11 is 6.04. The minimum absolute atomic E-state index is 0.0752. The highest BCUT2D eigenvalue weighted by molar-refractivity contribution is 6.30. The normalized spacial score (nSPS) is 11.5. The van der Waals surface area contributed by atoms with Crippen LogP contribution >= 0.6 is 11.6 Å². The molecule has 172 valence electrons. The van der Waals surface area contributed by atoms with E-state index in [4.69, 9.17) is 16.3 Å². The third-order valence-electron chi connectivity index (χ3n) is 5.37. The van der Waals surface area contributed by atoms with Crippen LogP contribution < -0.4 is 10.1 Å². The molecule has 3 aromatic carbocycles. The lowest BCUT2D eigenvalue weighted by Crippen LogP contribution is -2.43. The summed E-state index contributed by atoms with van der Waals surface area (Å²) in [5, 5.41) is 3.64. The van der Waals surface area contributed by atoms with Crippen molar-refractivity contribution >= 4 is 23.4 Å². The fourth-order valence-electron chi connectivity index (χ4n) is 3.70. The SMILES string of the molecule is CCCC(=O)N(Cc1ccc(Cl)cc1)C(C(=O)NCc1ccccc1OC)c1ccccc1. The molecule has 1 atom stereocenters. The van der Waals surface area contributed by atoms with Gasteiger partial charge in [0.05, 0.1) is 7.11 Å². The molecule has 0 bridgehead atoms. The van der Waals surface area contributed by atoms with E-state index in [-0.39, 0.29) is 11.8 Å². The van der Waals surface area contributed by atoms with Gasteiger partial charge in [0, 0.05) is 30.1 Å². The molecule has 3 rings (SSSR count). The molecule has 5 nitrogen and oxygen atoms in total. The molecule has 0 saturated heterocycles. The Morgan fingerprint density at radius 3 is 2.30 bits per heavy atom. The summed E-state index contributed by atoms with van der Waals surface area (Å²) < 4.78 is 5.40. The zero-order valence-electron chi connectivity index (χ0n) is 19.0. The van der Waals surface area contributed by atoms with Gasteiger partial charge in [0.1, 0.15) is 11.8 Å². The molecule has 0 radical (unpaired) electrons. The molecule has 1 N–H and O–H groups in total. The number of nitrogens with zero attached hydrogens (tertiary/aromatic N) is 1. The van der Waals surface area contributed by atoms with Crippen LogP contribution in [-0.4, -0.2) is 23.8 Å². The molecule has 0 aromatic heterocycles. The van der Waals surface area contributed by atoms with Crippen LogP contribution in [0.4, 0.5) is 0 Å². The monoisotopic (exact) mass is 464 g/mol. The molecule has 6 heteroatoms. The van der Waals surface area contributed by atoms with E-state index < -0.39 is 6.04 Å². The Kier molecular flexibility index (Phi) is 8.90. The quantitative estimate of drug-likeness (QED) is 0.429. The number of benzene rings is 3. The van der Waals surface area contributed by atoms with Crippen molar-refractivity contribution in [1.29, 1.82) is 0 Å². The van der Waals surface area contributed by atoms with Crippen molar-refractivity contribution in [1.82, 2.24) is 10.2 Å². The van der Waals surface area contributed by atoms with Gasteiger partial charge in [0.25, 0.3) is 0 Å². The summed E-state index contributed by atoms with van der Waals surface area (Å²) in [5.41, 5.74) is 2.53. The maximum atomic E-state index is 13.5. The first-order valence-electron chi connectivity index (χ1n) is 11.0. The van der Waals surface area contributed by atoms with E-state index in [1.54, 1.807) is 24.1 Å². The highest BCUT2D eigenvalue weighted by Gasteiger charge is 2.31. The minimum atomic E-state index is -0.768. The van der Waals surface area contributed by atoms with Crippen LogP contribution in [0.2, 0.25) is 5.02 Å². The van der Waals surface area contributed by atoms with Gasteiger partial charge in [0.15, 0.2) is 0 Å². The van der Waals surface area contributed by atoms with Crippen LogP contribution in [-0.2, 0) is 22.7 Å². The Morgan fingerprint density at radius 2 is 1.64 bits per heavy atom. The van der Waals surface area contributed by atoms with E-state index in [0.29, 0.717) is 36.7 Å². The Bertz CT molecular complexity index is 1050. The van der Waals surface area contributed by atoms with Crippen LogP contribution in [0.25, 0.3) is 0 Å². The number of rotatable bonds is 10. The van der Waals surface area contributed by atoms with Crippen molar-refractivity contribution in [3.63, 3.8) is 0 Å². The highest BCUT2D eigenvalue weighted by atomic mass is 35.5. The topological polar surface area (TPSA) is 58.6 Å². The second-order valence-corrected chi connectivity index (χ2v) is 8.18. The Hall–Kier alpha value is -3.31. The maximum absolute atomic E-state index is 13.5. The minimum Gasteiger partial charge on any atom is -0.496 e. The first kappa shape index (κ1) is 24.3. The van der Waals surface area contributed by atoms with E-state index in [1.165, 1.54) is 0 Å². The summed E-state index contributed by atoms with van der Waals surface area (Å²) in [6, 6.07) is 23.5. The van der Waals surface area contributed by atoms with E-state index >= 15 is 0 Å². The Labute approximate surface area is 200 Å². The molecular formula is C27H29ClN2O3. The van der Waals surface area contributed by atoms with E-state index in [2.05, 4.69) is 5.32 Å². The Balaban J connectivity index is 1.92. The largest absolute Gasteiger partial charge is 0.496 e. The predicted octanol–water partition coefficient (Wildman–Crippen LogP) is 5.54. The number of para-hydroxylation sites is 1. The van der Waals surface area contributed by atoms with Crippen LogP contribution in [0.3, 0.4) is 0 Å². The second kappa shape index (κ2) is 12.1. The molecule has 33 heavy (non-hydrogen) atoms. The molecule has 0 saturated carbocycles. The molecule has 0 spiro atoms. The summed E-state index contributed by atoms with van der Waals surface area (Å²) in [5.74, 6) is 0.383. The fourth-order valence-corrected chi connectivity index (χ4v) is 3.83. The van der Waals surface area contributed by atoms with Gasteiger partial charge < -0.3 is 15.0 Å². The molecule has 1 unspecified atom stereocenters. The Morgan fingerprint density at radius 1 is 0.970 bits per heavy atom. The van der Waals surface area contributed by atoms with E-state index in [9.17, 15) is 9.59 Å². The lowest BCUT2D eigenvalue weighted by atomic mass is 10.0. The van der Waals surface area contributed by atoms with Crippen molar-refractivity contribution in [2.24, 2.45) is 0 Å². The zero-order chi connectivity index (χ0) is 23.6. The molecule has 3 aromatic rings. The first-order valence-corrected chi connectivity index (χ1v) is 11.4. The van der Waals surface area contributed by atoms with Crippen LogP contribution in [0, 0.1) is 0 Å². The summed E-state index contributed by atoms with van der Waals surface area (Å²) in [6.07, 6.45) is 1.05. The molecule has 0 aliphatic rings. The lowest BCUT2D eigenvalue weighted by Gasteiger charge is -2.32. The highest BCUT2D eigenvalue weighted by Crippen LogP contribution is 2.26. The number of carbonyl (C=O) groups excluding carboxylic acids is 2. The lowest BCUT2D eigenvalue weighted by molar-refractivity contribution is -0.141. The van der Waals surface area contributed by atoms with E-state index in [0.717, 1.165) is 16.7 Å². The standard InChI is InChI=1S/C27H29ClN2O3/c1-3-9-25(31)30(19-20-14-16-23(28)17-15-20)26(21-10-5-4-6-11-21)27(32)29-18-22-12-7-8-13-24(22)33-2/h4-8,10-17,26H,3,9,18-19H2,1-2H3,(H,29,32). The number of halogens is 1. The smallest absolute Gasteiger partial charge is 0.247 e. The molecule has 0 heterocycles. The van der Waals surface area contributed by atoms with Crippen LogP contribution in [0.5, 0.6) is 5.75 Å². The summed E-state index contributed by atoms with van der Waals surface area (Å²) in [7, 11) is 1.60. The third-order valence-corrected chi connectivity index (χ3v) is 5.62. The molecule has 0 fully saturated rings. The second-order valence-electron chi connectivity index (χ2n) is 7.74. The van der Waals surface area contributed by atoms with E-state index in [1.807, 2.05) is 73.7 Å². The van der Waals surface area contributed by atoms with Crippen molar-refractivity contribution in [2.75, 3.05) is 7.11 Å². The number of hydrogen-bond donors (Lipinski definition) is 1. The first-order chi connectivity index (χ1) is 16.0. The predicted molar refractivity (Wildman–Crippen MR) is 131 cm³/mol. The van der Waals surface area contributed by atoms with Crippen LogP contribution in [0.15, 0.2) is 78.9 Å². The number of nitrogens with one attached hydrogen (secondary N) is 1. The molecule has 0 aliphatic carbocycles. The number of methoxy groups -OCH3 is 1. The van der Waals surface area contributed by atoms with Gasteiger partial charge >= 0.3 is 0 Å². The van der Waals surface area contributed by atoms with Gasteiger partial charge in [-0.25, -0.2) is 0 Å². The molecule has 0 aliphatic heterocycles. The van der Waals surface area contributed by atoms with Gasteiger partial charge in [-0.15, -0.1) is 0 Å². The molecule has 2 amide bonds. The van der Waals surface area contributed by atoms with Gasteiger partial charge in [0.2, 0.25) is 11.8 Å². The van der Waals surface area contributed by atoms with Gasteiger partial charge in [-0.3, -0.25) is 9.59 Å².